The molecule has 9 nitrogen and oxygen atoms in total. The molecule has 0 bridgehead atoms. The molecule has 0 aliphatic heterocycles. The number of carbonyl (C=O) groups is 1. The number of aryl methyl sites for hydroxylation is 1. The number of anilines is 1. The number of nitrogens with two attached hydrogens (primary N) is 1. The summed E-state index contributed by atoms with van der Waals surface area (Å²) in [6.45, 7) is 6.52. The Labute approximate surface area is 197 Å². The third kappa shape index (κ3) is 5.53. The van der Waals surface area contributed by atoms with Crippen molar-refractivity contribution in [3.63, 3.8) is 0 Å². The van der Waals surface area contributed by atoms with Gasteiger partial charge in [-0.05, 0) is 33.7 Å². The van der Waals surface area contributed by atoms with Gasteiger partial charge in [-0.3, -0.25) is 9.78 Å². The van der Waals surface area contributed by atoms with Crippen LogP contribution in [0.15, 0.2) is 12.4 Å². The van der Waals surface area contributed by atoms with Gasteiger partial charge in [0.25, 0.3) is 0 Å². The number of rotatable bonds is 8. The van der Waals surface area contributed by atoms with E-state index in [2.05, 4.69) is 32.1 Å². The lowest BCUT2D eigenvalue weighted by Gasteiger charge is -2.13. The number of nitrogens with zero attached hydrogens (tertiary/aromatic N) is 4. The van der Waals surface area contributed by atoms with Gasteiger partial charge in [0.2, 0.25) is 5.95 Å². The maximum atomic E-state index is 10.9. The van der Waals surface area contributed by atoms with Gasteiger partial charge in [0.15, 0.2) is 0 Å². The van der Waals surface area contributed by atoms with E-state index in [4.69, 9.17) is 27.2 Å². The minimum absolute atomic E-state index is 0.0798. The molecule has 1 atom stereocenters. The van der Waals surface area contributed by atoms with Crippen LogP contribution in [0.4, 0.5) is 5.95 Å². The second-order valence-electron chi connectivity index (χ2n) is 7.71. The number of unbranched alkanes of at least 4 members (excludes halogenated alkanes) is 1. The highest BCUT2D eigenvalue weighted by Crippen LogP contribution is 2.29. The molecule has 0 radical (unpaired) electrons. The van der Waals surface area contributed by atoms with Gasteiger partial charge in [-0.2, -0.15) is 4.98 Å². The molecule has 0 unspecified atom stereocenters. The zero-order chi connectivity index (χ0) is 24.1. The second kappa shape index (κ2) is 10.5. The molecular weight excluding hydrogens is 444 g/mol. The molecule has 0 spiro atoms. The maximum absolute atomic E-state index is 10.9. The highest BCUT2D eigenvalue weighted by atomic mass is 35.5. The molecule has 0 aliphatic rings. The maximum Gasteiger partial charge on any atom is 0.320 e. The fraction of sp³-hybridized carbons (Fsp3) is 0.391. The fourth-order valence-electron chi connectivity index (χ4n) is 3.51. The molecule has 3 rings (SSSR count). The van der Waals surface area contributed by atoms with E-state index in [0.717, 1.165) is 22.6 Å². The zero-order valence-electron chi connectivity index (χ0n) is 19.1. The number of pyridine rings is 1. The summed E-state index contributed by atoms with van der Waals surface area (Å²) in [7, 11) is 1.64. The molecule has 3 aromatic heterocycles. The van der Waals surface area contributed by atoms with Crippen LogP contribution in [0.2, 0.25) is 5.15 Å². The fourth-order valence-corrected chi connectivity index (χ4v) is 3.78. The van der Waals surface area contributed by atoms with E-state index < -0.39 is 12.0 Å². The van der Waals surface area contributed by atoms with Gasteiger partial charge in [-0.1, -0.05) is 23.4 Å². The first kappa shape index (κ1) is 24.3. The number of nitrogens with one attached hydrogen (secondary N) is 1. The van der Waals surface area contributed by atoms with E-state index in [1.54, 1.807) is 20.2 Å². The Morgan fingerprint density at radius 2 is 2.15 bits per heavy atom. The number of hydrogen-bond donors (Lipinski definition) is 3. The molecule has 0 aliphatic carbocycles. The van der Waals surface area contributed by atoms with Crippen LogP contribution >= 0.6 is 11.6 Å². The molecule has 0 aromatic carbocycles. The smallest absolute Gasteiger partial charge is 0.320 e. The van der Waals surface area contributed by atoms with Crippen molar-refractivity contribution in [2.75, 3.05) is 19.4 Å². The summed E-state index contributed by atoms with van der Waals surface area (Å²) in [5, 5.41) is 12.7. The van der Waals surface area contributed by atoms with E-state index in [1.807, 2.05) is 24.6 Å². The first-order valence-corrected chi connectivity index (χ1v) is 10.9. The number of aliphatic carboxylic acids is 1. The number of methoxy groups -OCH3 is 1. The SMILES string of the molecule is COc1c(C)cnc(Cn2cc(C#CCCCN[C@@H](C)C(=O)O)c3c(Cl)nc(N)nc32)c1C. The lowest BCUT2D eigenvalue weighted by Crippen LogP contribution is -2.34. The number of aromatic nitrogens is 4. The molecule has 174 valence electrons. The number of carboxylic acids is 1. The Balaban J connectivity index is 1.87. The van der Waals surface area contributed by atoms with Gasteiger partial charge in [-0.15, -0.1) is 0 Å². The molecule has 10 heteroatoms. The molecule has 0 saturated carbocycles. The predicted octanol–water partition coefficient (Wildman–Crippen LogP) is 2.93. The van der Waals surface area contributed by atoms with Crippen LogP contribution in [0, 0.1) is 25.7 Å². The standard InChI is InChI=1S/C23H27ClN6O3/c1-13-10-27-17(14(2)19(13)33-4)12-30-11-16(18-20(24)28-23(25)29-21(18)30)8-6-5-7-9-26-15(3)22(31)32/h10-11,15,26H,5,7,9,12H2,1-4H3,(H,31,32)(H2,25,28,29)/t15-/m0/s1. The molecule has 0 saturated heterocycles. The molecule has 3 heterocycles. The van der Waals surface area contributed by atoms with Crippen molar-refractivity contribution in [2.45, 2.75) is 46.2 Å². The lowest BCUT2D eigenvalue weighted by molar-refractivity contribution is -0.138. The molecular formula is C23H27ClN6O3. The minimum Gasteiger partial charge on any atom is -0.496 e. The average molecular weight is 471 g/mol. The van der Waals surface area contributed by atoms with Gasteiger partial charge in [-0.25, -0.2) is 4.98 Å². The van der Waals surface area contributed by atoms with Crippen molar-refractivity contribution in [2.24, 2.45) is 0 Å². The summed E-state index contributed by atoms with van der Waals surface area (Å²) in [4.78, 5) is 23.9. The van der Waals surface area contributed by atoms with Gasteiger partial charge in [0.05, 0.1) is 30.3 Å². The summed E-state index contributed by atoms with van der Waals surface area (Å²) in [5.74, 6) is 6.27. The number of halogens is 1. The third-order valence-corrected chi connectivity index (χ3v) is 5.56. The van der Waals surface area contributed by atoms with Crippen LogP contribution in [0.1, 0.15) is 42.1 Å². The Morgan fingerprint density at radius 1 is 1.39 bits per heavy atom. The largest absolute Gasteiger partial charge is 0.496 e. The Bertz CT molecular complexity index is 1240. The summed E-state index contributed by atoms with van der Waals surface area (Å²) in [5.41, 5.74) is 9.87. The normalized spacial score (nSPS) is 11.8. The molecule has 3 aromatic rings. The first-order valence-electron chi connectivity index (χ1n) is 10.5. The number of carboxylic acid groups (broad SMARTS) is 1. The quantitative estimate of drug-likeness (QED) is 0.260. The van der Waals surface area contributed by atoms with E-state index >= 15 is 0 Å². The lowest BCUT2D eigenvalue weighted by atomic mass is 10.1. The van der Waals surface area contributed by atoms with Crippen molar-refractivity contribution in [1.82, 2.24) is 24.8 Å². The second-order valence-corrected chi connectivity index (χ2v) is 8.07. The Kier molecular flexibility index (Phi) is 7.74. The van der Waals surface area contributed by atoms with Crippen LogP contribution in [0.5, 0.6) is 5.75 Å². The average Bonchev–Trinajstić information content (AvgIpc) is 3.10. The van der Waals surface area contributed by atoms with Gasteiger partial charge < -0.3 is 25.5 Å². The van der Waals surface area contributed by atoms with Crippen LogP contribution < -0.4 is 15.8 Å². The number of ether oxygens (including phenoxy) is 1. The predicted molar refractivity (Wildman–Crippen MR) is 128 cm³/mol. The van der Waals surface area contributed by atoms with Crippen LogP contribution in [-0.2, 0) is 11.3 Å². The highest BCUT2D eigenvalue weighted by molar-refractivity contribution is 6.34. The van der Waals surface area contributed by atoms with Crippen molar-refractivity contribution in [3.05, 3.63) is 39.9 Å². The van der Waals surface area contributed by atoms with Gasteiger partial charge in [0, 0.05) is 29.9 Å². The Morgan fingerprint density at radius 3 is 2.85 bits per heavy atom. The summed E-state index contributed by atoms with van der Waals surface area (Å²) < 4.78 is 7.43. The molecule has 33 heavy (non-hydrogen) atoms. The Hall–Kier alpha value is -3.35. The van der Waals surface area contributed by atoms with Crippen LogP contribution in [0.25, 0.3) is 11.0 Å². The summed E-state index contributed by atoms with van der Waals surface area (Å²) >= 11 is 6.40. The number of hydrogen-bond acceptors (Lipinski definition) is 7. The number of nitrogen functional groups attached to an aromatic ring is 1. The third-order valence-electron chi connectivity index (χ3n) is 5.28. The van der Waals surface area contributed by atoms with E-state index in [9.17, 15) is 4.79 Å². The first-order chi connectivity index (χ1) is 15.7. The monoisotopic (exact) mass is 470 g/mol. The van der Waals surface area contributed by atoms with Crippen molar-refractivity contribution in [1.29, 1.82) is 0 Å². The van der Waals surface area contributed by atoms with Crippen molar-refractivity contribution in [3.8, 4) is 17.6 Å². The molecule has 4 N–H and O–H groups in total. The summed E-state index contributed by atoms with van der Waals surface area (Å²) in [6.07, 6.45) is 4.96. The van der Waals surface area contributed by atoms with E-state index in [1.165, 1.54) is 0 Å². The molecule has 0 amide bonds. The summed E-state index contributed by atoms with van der Waals surface area (Å²) in [6, 6.07) is -0.588. The van der Waals surface area contributed by atoms with Crippen LogP contribution in [-0.4, -0.2) is 50.3 Å². The highest BCUT2D eigenvalue weighted by Gasteiger charge is 2.17. The van der Waals surface area contributed by atoms with Crippen molar-refractivity contribution < 1.29 is 14.6 Å². The van der Waals surface area contributed by atoms with Gasteiger partial charge in [0.1, 0.15) is 22.6 Å². The van der Waals surface area contributed by atoms with E-state index in [-0.39, 0.29) is 11.1 Å². The van der Waals surface area contributed by atoms with Gasteiger partial charge >= 0.3 is 5.97 Å². The topological polar surface area (TPSA) is 128 Å². The number of fused-ring (bicyclic) bond motifs is 1. The minimum atomic E-state index is -0.876. The zero-order valence-corrected chi connectivity index (χ0v) is 19.8. The van der Waals surface area contributed by atoms with E-state index in [0.29, 0.717) is 42.5 Å². The molecule has 0 fully saturated rings. The van der Waals surface area contributed by atoms with Crippen LogP contribution in [0.3, 0.4) is 0 Å². The van der Waals surface area contributed by atoms with Crippen molar-refractivity contribution >= 4 is 34.6 Å².